The Kier molecular flexibility index (Phi) is 3.76. The minimum absolute atomic E-state index is 0.313. The molecule has 1 atom stereocenters. The zero-order chi connectivity index (χ0) is 12.4. The third-order valence-corrected chi connectivity index (χ3v) is 4.19. The number of aromatic nitrogens is 2. The van der Waals surface area contributed by atoms with Gasteiger partial charge in [0.25, 0.3) is 0 Å². The van der Waals surface area contributed by atoms with Gasteiger partial charge in [-0.05, 0) is 33.0 Å². The lowest BCUT2D eigenvalue weighted by atomic mass is 10.2. The largest absolute Gasteiger partial charge is 0.312 e. The van der Waals surface area contributed by atoms with Gasteiger partial charge in [-0.15, -0.1) is 11.3 Å². The van der Waals surface area contributed by atoms with E-state index in [1.54, 1.807) is 17.5 Å². The molecule has 0 aliphatic heterocycles. The van der Waals surface area contributed by atoms with E-state index >= 15 is 0 Å². The molecule has 0 saturated heterocycles. The van der Waals surface area contributed by atoms with Gasteiger partial charge in [-0.25, -0.2) is 4.98 Å². The number of nitrogens with zero attached hydrogens (tertiary/aromatic N) is 2. The van der Waals surface area contributed by atoms with Gasteiger partial charge in [0.2, 0.25) is 0 Å². The van der Waals surface area contributed by atoms with Gasteiger partial charge in [-0.1, -0.05) is 11.6 Å². The lowest BCUT2D eigenvalue weighted by molar-refractivity contribution is 0.658. The first-order valence-corrected chi connectivity index (χ1v) is 6.57. The molecular weight excluding hydrogens is 254 g/mol. The highest BCUT2D eigenvalue weighted by Gasteiger charge is 2.14. The molecule has 2 aromatic rings. The first-order chi connectivity index (χ1) is 8.11. The molecule has 0 aromatic carbocycles. The molecule has 90 valence electrons. The number of aryl methyl sites for hydroxylation is 1. The average Bonchev–Trinajstić information content (AvgIpc) is 2.71. The van der Waals surface area contributed by atoms with Crippen molar-refractivity contribution in [3.8, 4) is 10.7 Å². The topological polar surface area (TPSA) is 37.8 Å². The van der Waals surface area contributed by atoms with E-state index in [0.29, 0.717) is 11.1 Å². The van der Waals surface area contributed by atoms with Gasteiger partial charge in [-0.2, -0.15) is 0 Å². The van der Waals surface area contributed by atoms with Crippen LogP contribution in [0.3, 0.4) is 0 Å². The Balaban J connectivity index is 2.37. The Morgan fingerprint density at radius 3 is 2.76 bits per heavy atom. The van der Waals surface area contributed by atoms with Gasteiger partial charge in [0, 0.05) is 17.1 Å². The maximum Gasteiger partial charge on any atom is 0.142 e. The second kappa shape index (κ2) is 5.12. The summed E-state index contributed by atoms with van der Waals surface area (Å²) in [6.45, 7) is 4.15. The number of hydrogen-bond acceptors (Lipinski definition) is 4. The molecule has 0 fully saturated rings. The van der Waals surface area contributed by atoms with Crippen molar-refractivity contribution in [2.45, 2.75) is 19.9 Å². The van der Waals surface area contributed by atoms with Gasteiger partial charge in [-0.3, -0.25) is 4.98 Å². The second-order valence-electron chi connectivity index (χ2n) is 3.84. The van der Waals surface area contributed by atoms with E-state index < -0.39 is 0 Å². The van der Waals surface area contributed by atoms with Crippen LogP contribution in [0.25, 0.3) is 10.7 Å². The van der Waals surface area contributed by atoms with Crippen LogP contribution in [0.15, 0.2) is 18.3 Å². The summed E-state index contributed by atoms with van der Waals surface area (Å²) in [5.74, 6) is 0. The molecule has 17 heavy (non-hydrogen) atoms. The van der Waals surface area contributed by atoms with Gasteiger partial charge >= 0.3 is 0 Å². The molecule has 0 bridgehead atoms. The third kappa shape index (κ3) is 2.65. The van der Waals surface area contributed by atoms with Crippen LogP contribution in [0.5, 0.6) is 0 Å². The van der Waals surface area contributed by atoms with E-state index in [4.69, 9.17) is 11.6 Å². The van der Waals surface area contributed by atoms with E-state index in [-0.39, 0.29) is 0 Å². The summed E-state index contributed by atoms with van der Waals surface area (Å²) in [6, 6.07) is 4.05. The first kappa shape index (κ1) is 12.5. The molecule has 2 rings (SSSR count). The summed E-state index contributed by atoms with van der Waals surface area (Å²) in [5.41, 5.74) is 1.93. The number of pyridine rings is 1. The minimum atomic E-state index is 0.313. The first-order valence-electron chi connectivity index (χ1n) is 5.38. The van der Waals surface area contributed by atoms with E-state index in [9.17, 15) is 0 Å². The highest BCUT2D eigenvalue weighted by Crippen LogP contribution is 2.30. The molecule has 3 nitrogen and oxygen atoms in total. The van der Waals surface area contributed by atoms with Crippen LogP contribution >= 0.6 is 22.9 Å². The Bertz CT molecular complexity index is 507. The van der Waals surface area contributed by atoms with Crippen molar-refractivity contribution < 1.29 is 0 Å². The van der Waals surface area contributed by atoms with Crippen molar-refractivity contribution in [1.82, 2.24) is 15.3 Å². The van der Waals surface area contributed by atoms with Crippen molar-refractivity contribution in [2.24, 2.45) is 0 Å². The molecule has 1 unspecified atom stereocenters. The second-order valence-corrected chi connectivity index (χ2v) is 5.31. The SMILES string of the molecule is CNC(C)c1sc(-c2ccc(Cl)cn2)nc1C. The molecule has 0 amide bonds. The van der Waals surface area contributed by atoms with E-state index in [2.05, 4.69) is 22.2 Å². The highest BCUT2D eigenvalue weighted by molar-refractivity contribution is 7.15. The van der Waals surface area contributed by atoms with Crippen molar-refractivity contribution in [2.75, 3.05) is 7.05 Å². The molecule has 5 heteroatoms. The maximum absolute atomic E-state index is 5.82. The van der Waals surface area contributed by atoms with Crippen LogP contribution in [0.4, 0.5) is 0 Å². The molecule has 2 aromatic heterocycles. The van der Waals surface area contributed by atoms with Crippen LogP contribution in [0, 0.1) is 6.92 Å². The van der Waals surface area contributed by atoms with Crippen molar-refractivity contribution >= 4 is 22.9 Å². The summed E-state index contributed by atoms with van der Waals surface area (Å²) in [5, 5.41) is 4.81. The Morgan fingerprint density at radius 1 is 1.41 bits per heavy atom. The van der Waals surface area contributed by atoms with E-state index in [1.165, 1.54) is 4.88 Å². The summed E-state index contributed by atoms with van der Waals surface area (Å²) < 4.78 is 0. The van der Waals surface area contributed by atoms with Crippen molar-refractivity contribution in [3.05, 3.63) is 33.9 Å². The molecule has 2 heterocycles. The Labute approximate surface area is 110 Å². The zero-order valence-electron chi connectivity index (χ0n) is 9.99. The van der Waals surface area contributed by atoms with Crippen LogP contribution in [-0.4, -0.2) is 17.0 Å². The van der Waals surface area contributed by atoms with Crippen molar-refractivity contribution in [3.63, 3.8) is 0 Å². The number of nitrogens with one attached hydrogen (secondary N) is 1. The highest BCUT2D eigenvalue weighted by atomic mass is 35.5. The molecule has 0 aliphatic rings. The fourth-order valence-electron chi connectivity index (χ4n) is 1.55. The third-order valence-electron chi connectivity index (χ3n) is 2.61. The normalized spacial score (nSPS) is 12.7. The fraction of sp³-hybridized carbons (Fsp3) is 0.333. The number of hydrogen-bond donors (Lipinski definition) is 1. The summed E-state index contributed by atoms with van der Waals surface area (Å²) in [6.07, 6.45) is 1.65. The van der Waals surface area contributed by atoms with Crippen LogP contribution < -0.4 is 5.32 Å². The Morgan fingerprint density at radius 2 is 2.18 bits per heavy atom. The Hall–Kier alpha value is -0.970. The summed E-state index contributed by atoms with van der Waals surface area (Å²) >= 11 is 7.49. The molecule has 0 radical (unpaired) electrons. The van der Waals surface area contributed by atoms with Crippen LogP contribution in [0.2, 0.25) is 5.02 Å². The smallest absolute Gasteiger partial charge is 0.142 e. The predicted octanol–water partition coefficient (Wildman–Crippen LogP) is 3.45. The monoisotopic (exact) mass is 267 g/mol. The fourth-order valence-corrected chi connectivity index (χ4v) is 2.77. The summed E-state index contributed by atoms with van der Waals surface area (Å²) in [4.78, 5) is 10.1. The van der Waals surface area contributed by atoms with Gasteiger partial charge in [0.15, 0.2) is 0 Å². The standard InChI is InChI=1S/C12H14ClN3S/c1-7(14-3)11-8(2)16-12(17-11)10-5-4-9(13)6-15-10/h4-7,14H,1-3H3. The summed E-state index contributed by atoms with van der Waals surface area (Å²) in [7, 11) is 1.95. The maximum atomic E-state index is 5.82. The molecule has 1 N–H and O–H groups in total. The lowest BCUT2D eigenvalue weighted by Crippen LogP contribution is -2.11. The number of thiazole rings is 1. The minimum Gasteiger partial charge on any atom is -0.312 e. The molecule has 0 aliphatic carbocycles. The average molecular weight is 268 g/mol. The number of halogens is 1. The van der Waals surface area contributed by atoms with Crippen molar-refractivity contribution in [1.29, 1.82) is 0 Å². The van der Waals surface area contributed by atoms with Gasteiger partial charge in [0.05, 0.1) is 16.4 Å². The van der Waals surface area contributed by atoms with Crippen LogP contribution in [-0.2, 0) is 0 Å². The van der Waals surface area contributed by atoms with Crippen LogP contribution in [0.1, 0.15) is 23.5 Å². The molecular formula is C12H14ClN3S. The van der Waals surface area contributed by atoms with E-state index in [0.717, 1.165) is 16.4 Å². The van der Waals surface area contributed by atoms with E-state index in [1.807, 2.05) is 26.1 Å². The predicted molar refractivity (Wildman–Crippen MR) is 72.6 cm³/mol. The quantitative estimate of drug-likeness (QED) is 0.926. The lowest BCUT2D eigenvalue weighted by Gasteiger charge is -2.06. The van der Waals surface area contributed by atoms with Gasteiger partial charge < -0.3 is 5.32 Å². The zero-order valence-corrected chi connectivity index (χ0v) is 11.6. The molecule has 0 saturated carbocycles. The molecule has 0 spiro atoms. The number of rotatable bonds is 3. The van der Waals surface area contributed by atoms with Gasteiger partial charge in [0.1, 0.15) is 5.01 Å².